The minimum atomic E-state index is -0.110. The summed E-state index contributed by atoms with van der Waals surface area (Å²) >= 11 is 0. The summed E-state index contributed by atoms with van der Waals surface area (Å²) in [6.07, 6.45) is 3.72. The van der Waals surface area contributed by atoms with E-state index in [-0.39, 0.29) is 12.5 Å². The molecule has 0 spiro atoms. The van der Waals surface area contributed by atoms with Crippen LogP contribution in [0.5, 0.6) is 5.75 Å². The molecule has 1 fully saturated rings. The third-order valence-corrected chi connectivity index (χ3v) is 2.10. The lowest BCUT2D eigenvalue weighted by Gasteiger charge is -2.07. The predicted octanol–water partition coefficient (Wildman–Crippen LogP) is 0.321. The molecule has 0 aliphatic heterocycles. The van der Waals surface area contributed by atoms with Gasteiger partial charge in [-0.3, -0.25) is 4.79 Å². The van der Waals surface area contributed by atoms with Gasteiger partial charge >= 0.3 is 0 Å². The quantitative estimate of drug-likeness (QED) is 0.745. The second kappa shape index (κ2) is 4.16. The van der Waals surface area contributed by atoms with E-state index in [9.17, 15) is 4.79 Å². The molecule has 0 bridgehead atoms. The summed E-state index contributed by atoms with van der Waals surface area (Å²) in [5.41, 5.74) is 5.55. The molecule has 1 heterocycles. The fourth-order valence-electron chi connectivity index (χ4n) is 1.17. The summed E-state index contributed by atoms with van der Waals surface area (Å²) in [5.74, 6) is 0.640. The van der Waals surface area contributed by atoms with Crippen molar-refractivity contribution in [2.45, 2.75) is 18.9 Å². The molecule has 80 valence electrons. The molecule has 0 aromatic carbocycles. The van der Waals surface area contributed by atoms with E-state index >= 15 is 0 Å². The van der Waals surface area contributed by atoms with Crippen LogP contribution in [0.25, 0.3) is 0 Å². The number of nitrogens with zero attached hydrogens (tertiary/aromatic N) is 1. The summed E-state index contributed by atoms with van der Waals surface area (Å²) in [6, 6.07) is 3.75. The highest BCUT2D eigenvalue weighted by Crippen LogP contribution is 2.19. The van der Waals surface area contributed by atoms with Crippen molar-refractivity contribution in [1.82, 2.24) is 10.3 Å². The number of ether oxygens (including phenoxy) is 1. The molecule has 0 atom stereocenters. The third-order valence-electron chi connectivity index (χ3n) is 2.10. The molecule has 3 N–H and O–H groups in total. The van der Waals surface area contributed by atoms with Crippen LogP contribution in [0, 0.1) is 0 Å². The second-order valence-corrected chi connectivity index (χ2v) is 3.52. The number of carbonyl (C=O) groups is 1. The fraction of sp³-hybridized carbons (Fsp3) is 0.400. The molecule has 1 aliphatic carbocycles. The Bertz CT molecular complexity index is 363. The van der Waals surface area contributed by atoms with E-state index in [1.165, 1.54) is 0 Å². The Balaban J connectivity index is 1.81. The van der Waals surface area contributed by atoms with Crippen LogP contribution in [0.1, 0.15) is 12.8 Å². The van der Waals surface area contributed by atoms with Crippen molar-refractivity contribution in [2.75, 3.05) is 12.3 Å². The van der Waals surface area contributed by atoms with Crippen LogP contribution in [0.15, 0.2) is 18.3 Å². The Morgan fingerprint density at radius 1 is 1.67 bits per heavy atom. The molecule has 1 aliphatic rings. The average Bonchev–Trinajstić information content (AvgIpc) is 3.00. The van der Waals surface area contributed by atoms with Gasteiger partial charge in [-0.25, -0.2) is 4.98 Å². The van der Waals surface area contributed by atoms with Crippen molar-refractivity contribution in [1.29, 1.82) is 0 Å². The van der Waals surface area contributed by atoms with E-state index < -0.39 is 0 Å². The lowest BCUT2D eigenvalue weighted by atomic mass is 10.4. The zero-order valence-corrected chi connectivity index (χ0v) is 8.27. The number of nitrogens with two attached hydrogens (primary N) is 1. The maximum Gasteiger partial charge on any atom is 0.258 e. The monoisotopic (exact) mass is 207 g/mol. The number of nitrogens with one attached hydrogen (secondary N) is 1. The van der Waals surface area contributed by atoms with Gasteiger partial charge in [-0.1, -0.05) is 0 Å². The molecule has 0 saturated heterocycles. The van der Waals surface area contributed by atoms with Gasteiger partial charge in [-0.05, 0) is 25.0 Å². The lowest BCUT2D eigenvalue weighted by Crippen LogP contribution is -2.30. The summed E-state index contributed by atoms with van der Waals surface area (Å²) in [4.78, 5) is 15.1. The first-order valence-electron chi connectivity index (χ1n) is 4.88. The van der Waals surface area contributed by atoms with Crippen LogP contribution in [0.4, 0.5) is 5.82 Å². The van der Waals surface area contributed by atoms with Crippen molar-refractivity contribution in [3.63, 3.8) is 0 Å². The van der Waals surface area contributed by atoms with Crippen LogP contribution in [0.3, 0.4) is 0 Å². The SMILES string of the molecule is Nc1ncccc1OCC(=O)NC1CC1. The van der Waals surface area contributed by atoms with Gasteiger partial charge in [-0.15, -0.1) is 0 Å². The van der Waals surface area contributed by atoms with E-state index in [1.54, 1.807) is 18.3 Å². The van der Waals surface area contributed by atoms with Crippen LogP contribution in [-0.2, 0) is 4.79 Å². The zero-order chi connectivity index (χ0) is 10.7. The number of nitrogen functional groups attached to an aromatic ring is 1. The summed E-state index contributed by atoms with van der Waals surface area (Å²) < 4.78 is 5.23. The van der Waals surface area contributed by atoms with E-state index in [2.05, 4.69) is 10.3 Å². The van der Waals surface area contributed by atoms with E-state index in [1.807, 2.05) is 0 Å². The standard InChI is InChI=1S/C10H13N3O2/c11-10-8(2-1-5-12-10)15-6-9(14)13-7-3-4-7/h1-2,5,7H,3-4,6H2,(H2,11,12)(H,13,14). The van der Waals surface area contributed by atoms with Gasteiger partial charge in [-0.2, -0.15) is 0 Å². The molecule has 1 aromatic rings. The number of aromatic nitrogens is 1. The molecule has 5 nitrogen and oxygen atoms in total. The number of hydrogen-bond donors (Lipinski definition) is 2. The lowest BCUT2D eigenvalue weighted by molar-refractivity contribution is -0.123. The van der Waals surface area contributed by atoms with Gasteiger partial charge < -0.3 is 15.8 Å². The highest BCUT2D eigenvalue weighted by atomic mass is 16.5. The summed E-state index contributed by atoms with van der Waals surface area (Å²) in [5, 5.41) is 2.82. The first-order chi connectivity index (χ1) is 7.25. The molecule has 1 amide bonds. The van der Waals surface area contributed by atoms with E-state index in [0.29, 0.717) is 17.6 Å². The third kappa shape index (κ3) is 2.83. The maximum atomic E-state index is 11.3. The van der Waals surface area contributed by atoms with Crippen molar-refractivity contribution in [3.8, 4) is 5.75 Å². The number of pyridine rings is 1. The van der Waals surface area contributed by atoms with Gasteiger partial charge in [0.2, 0.25) is 0 Å². The molecule has 1 aromatic heterocycles. The Hall–Kier alpha value is -1.78. The van der Waals surface area contributed by atoms with E-state index in [4.69, 9.17) is 10.5 Å². The molecule has 15 heavy (non-hydrogen) atoms. The van der Waals surface area contributed by atoms with Gasteiger partial charge in [0.25, 0.3) is 5.91 Å². The Labute approximate surface area is 87.6 Å². The van der Waals surface area contributed by atoms with Crippen molar-refractivity contribution in [2.24, 2.45) is 0 Å². The summed E-state index contributed by atoms with van der Waals surface area (Å²) in [7, 11) is 0. The van der Waals surface area contributed by atoms with Crippen LogP contribution < -0.4 is 15.8 Å². The van der Waals surface area contributed by atoms with Gasteiger partial charge in [0.15, 0.2) is 18.2 Å². The molecule has 0 unspecified atom stereocenters. The number of carbonyl (C=O) groups excluding carboxylic acids is 1. The summed E-state index contributed by atoms with van der Waals surface area (Å²) in [6.45, 7) is -0.00755. The largest absolute Gasteiger partial charge is 0.480 e. The van der Waals surface area contributed by atoms with Gasteiger partial charge in [0.05, 0.1) is 0 Å². The van der Waals surface area contributed by atoms with Crippen molar-refractivity contribution in [3.05, 3.63) is 18.3 Å². The Morgan fingerprint density at radius 3 is 3.13 bits per heavy atom. The maximum absolute atomic E-state index is 11.3. The molecule has 0 radical (unpaired) electrons. The fourth-order valence-corrected chi connectivity index (χ4v) is 1.17. The first kappa shape index (κ1) is 9.76. The molecule has 2 rings (SSSR count). The average molecular weight is 207 g/mol. The number of anilines is 1. The van der Waals surface area contributed by atoms with Crippen LogP contribution in [0.2, 0.25) is 0 Å². The highest BCUT2D eigenvalue weighted by Gasteiger charge is 2.23. The topological polar surface area (TPSA) is 77.2 Å². The van der Waals surface area contributed by atoms with Crippen LogP contribution in [-0.4, -0.2) is 23.5 Å². The van der Waals surface area contributed by atoms with Gasteiger partial charge in [0, 0.05) is 12.2 Å². The highest BCUT2D eigenvalue weighted by molar-refractivity contribution is 5.78. The van der Waals surface area contributed by atoms with Crippen molar-refractivity contribution >= 4 is 11.7 Å². The Morgan fingerprint density at radius 2 is 2.47 bits per heavy atom. The minimum Gasteiger partial charge on any atom is -0.480 e. The smallest absolute Gasteiger partial charge is 0.258 e. The van der Waals surface area contributed by atoms with E-state index in [0.717, 1.165) is 12.8 Å². The predicted molar refractivity (Wildman–Crippen MR) is 55.3 cm³/mol. The molecular formula is C10H13N3O2. The second-order valence-electron chi connectivity index (χ2n) is 3.52. The minimum absolute atomic E-state index is 0.00755. The molecular weight excluding hydrogens is 194 g/mol. The number of hydrogen-bond acceptors (Lipinski definition) is 4. The zero-order valence-electron chi connectivity index (χ0n) is 8.27. The normalized spacial score (nSPS) is 14.7. The Kier molecular flexibility index (Phi) is 2.71. The number of rotatable bonds is 4. The first-order valence-corrected chi connectivity index (χ1v) is 4.88. The van der Waals surface area contributed by atoms with Crippen molar-refractivity contribution < 1.29 is 9.53 Å². The number of amides is 1. The van der Waals surface area contributed by atoms with Crippen LogP contribution >= 0.6 is 0 Å². The molecule has 5 heteroatoms. The van der Waals surface area contributed by atoms with Gasteiger partial charge in [0.1, 0.15) is 0 Å². The molecule has 1 saturated carbocycles.